The third kappa shape index (κ3) is 5.33. The van der Waals surface area contributed by atoms with Crippen LogP contribution in [0.5, 0.6) is 11.5 Å². The maximum absolute atomic E-state index is 12.3. The number of carbonyl (C=O) groups is 2. The largest absolute Gasteiger partial charge is 0.457 e. The van der Waals surface area contributed by atoms with E-state index in [2.05, 4.69) is 20.8 Å². The molecule has 0 unspecified atom stereocenters. The topological polar surface area (TPSA) is 122 Å². The standard InChI is InChI=1S/C19H19N5O3/c20-19(26)24-17(10-18(25)23-14-11-21-22-12-14)13-5-4-8-16(9-13)27-15-6-2-1-3-7-15/h1-9,11-12,17H,10H2,(H,21,22)(H,23,25)(H3,20,24,26)/t17-/m0/s1. The van der Waals surface area contributed by atoms with Crippen LogP contribution in [0, 0.1) is 0 Å². The van der Waals surface area contributed by atoms with Gasteiger partial charge in [0, 0.05) is 6.20 Å². The highest BCUT2D eigenvalue weighted by Gasteiger charge is 2.18. The summed E-state index contributed by atoms with van der Waals surface area (Å²) in [6, 6.07) is 15.1. The number of aromatic nitrogens is 2. The molecule has 8 nitrogen and oxygen atoms in total. The number of hydrogen-bond acceptors (Lipinski definition) is 4. The number of aromatic amines is 1. The Labute approximate surface area is 155 Å². The number of anilines is 1. The minimum atomic E-state index is -0.717. The summed E-state index contributed by atoms with van der Waals surface area (Å²) in [6.45, 7) is 0. The van der Waals surface area contributed by atoms with Crippen molar-refractivity contribution in [1.82, 2.24) is 15.5 Å². The number of benzene rings is 2. The van der Waals surface area contributed by atoms with Crippen molar-refractivity contribution in [1.29, 1.82) is 0 Å². The van der Waals surface area contributed by atoms with E-state index >= 15 is 0 Å². The van der Waals surface area contributed by atoms with E-state index in [4.69, 9.17) is 10.5 Å². The summed E-state index contributed by atoms with van der Waals surface area (Å²) in [7, 11) is 0. The van der Waals surface area contributed by atoms with E-state index in [0.717, 1.165) is 0 Å². The first-order valence-electron chi connectivity index (χ1n) is 8.27. The number of amides is 3. The number of ether oxygens (including phenoxy) is 1. The van der Waals surface area contributed by atoms with Gasteiger partial charge in [-0.2, -0.15) is 5.10 Å². The zero-order valence-electron chi connectivity index (χ0n) is 14.4. The molecular formula is C19H19N5O3. The van der Waals surface area contributed by atoms with E-state index in [-0.39, 0.29) is 12.3 Å². The van der Waals surface area contributed by atoms with Crippen LogP contribution < -0.4 is 21.1 Å². The molecule has 3 aromatic rings. The van der Waals surface area contributed by atoms with Gasteiger partial charge in [0.25, 0.3) is 0 Å². The average Bonchev–Trinajstić information content (AvgIpc) is 3.15. The molecule has 138 valence electrons. The van der Waals surface area contributed by atoms with E-state index in [9.17, 15) is 9.59 Å². The molecule has 0 aliphatic rings. The van der Waals surface area contributed by atoms with E-state index in [1.807, 2.05) is 30.3 Å². The minimum Gasteiger partial charge on any atom is -0.457 e. The Hall–Kier alpha value is -3.81. The number of nitrogens with two attached hydrogens (primary N) is 1. The summed E-state index contributed by atoms with van der Waals surface area (Å²) < 4.78 is 5.81. The van der Waals surface area contributed by atoms with Crippen LogP contribution in [-0.4, -0.2) is 22.1 Å². The van der Waals surface area contributed by atoms with Crippen molar-refractivity contribution >= 4 is 17.6 Å². The first kappa shape index (κ1) is 18.0. The highest BCUT2D eigenvalue weighted by Crippen LogP contribution is 2.26. The summed E-state index contributed by atoms with van der Waals surface area (Å²) in [5, 5.41) is 11.7. The third-order valence-corrected chi connectivity index (χ3v) is 3.73. The second-order valence-corrected chi connectivity index (χ2v) is 5.79. The van der Waals surface area contributed by atoms with E-state index in [1.54, 1.807) is 30.5 Å². The Morgan fingerprint density at radius 2 is 1.89 bits per heavy atom. The van der Waals surface area contributed by atoms with Gasteiger partial charge in [-0.1, -0.05) is 30.3 Å². The first-order chi connectivity index (χ1) is 13.1. The van der Waals surface area contributed by atoms with Crippen molar-refractivity contribution < 1.29 is 14.3 Å². The van der Waals surface area contributed by atoms with Gasteiger partial charge in [0.15, 0.2) is 0 Å². The molecule has 0 fully saturated rings. The Morgan fingerprint density at radius 1 is 1.11 bits per heavy atom. The van der Waals surface area contributed by atoms with E-state index in [1.165, 1.54) is 6.20 Å². The van der Waals surface area contributed by atoms with Crippen molar-refractivity contribution in [3.63, 3.8) is 0 Å². The molecule has 2 aromatic carbocycles. The predicted octanol–water partition coefficient (Wildman–Crippen LogP) is 2.94. The highest BCUT2D eigenvalue weighted by atomic mass is 16.5. The third-order valence-electron chi connectivity index (χ3n) is 3.73. The van der Waals surface area contributed by atoms with Crippen LogP contribution in [0.4, 0.5) is 10.5 Å². The lowest BCUT2D eigenvalue weighted by Crippen LogP contribution is -2.35. The molecule has 0 saturated heterocycles. The molecule has 0 radical (unpaired) electrons. The number of carbonyl (C=O) groups excluding carboxylic acids is 2. The lowest BCUT2D eigenvalue weighted by Gasteiger charge is -2.18. The molecule has 27 heavy (non-hydrogen) atoms. The molecule has 0 bridgehead atoms. The molecular weight excluding hydrogens is 346 g/mol. The number of primary amides is 1. The van der Waals surface area contributed by atoms with E-state index < -0.39 is 12.1 Å². The number of para-hydroxylation sites is 1. The molecule has 1 aromatic heterocycles. The molecule has 1 heterocycles. The predicted molar refractivity (Wildman–Crippen MR) is 100 cm³/mol. The van der Waals surface area contributed by atoms with Gasteiger partial charge < -0.3 is 21.1 Å². The zero-order valence-corrected chi connectivity index (χ0v) is 14.4. The van der Waals surface area contributed by atoms with Gasteiger partial charge in [-0.15, -0.1) is 0 Å². The first-order valence-corrected chi connectivity index (χ1v) is 8.27. The maximum atomic E-state index is 12.3. The second-order valence-electron chi connectivity index (χ2n) is 5.79. The molecule has 0 spiro atoms. The van der Waals surface area contributed by atoms with Crippen molar-refractivity contribution in [3.05, 3.63) is 72.6 Å². The smallest absolute Gasteiger partial charge is 0.312 e. The van der Waals surface area contributed by atoms with Crippen LogP contribution in [-0.2, 0) is 4.79 Å². The Morgan fingerprint density at radius 3 is 2.59 bits per heavy atom. The van der Waals surface area contributed by atoms with E-state index in [0.29, 0.717) is 22.7 Å². The summed E-state index contributed by atoms with van der Waals surface area (Å²) in [6.07, 6.45) is 3.05. The van der Waals surface area contributed by atoms with Crippen molar-refractivity contribution in [2.45, 2.75) is 12.5 Å². The van der Waals surface area contributed by atoms with Crippen LogP contribution in [0.1, 0.15) is 18.0 Å². The fourth-order valence-corrected chi connectivity index (χ4v) is 2.56. The minimum absolute atomic E-state index is 0.00289. The van der Waals surface area contributed by atoms with Crippen LogP contribution >= 0.6 is 0 Å². The summed E-state index contributed by atoms with van der Waals surface area (Å²) in [5.74, 6) is 0.988. The Kier molecular flexibility index (Phi) is 5.68. The van der Waals surface area contributed by atoms with Gasteiger partial charge in [0.2, 0.25) is 5.91 Å². The number of H-pyrrole nitrogens is 1. The van der Waals surface area contributed by atoms with Gasteiger partial charge in [0.1, 0.15) is 11.5 Å². The molecule has 0 aliphatic carbocycles. The molecule has 1 atom stereocenters. The van der Waals surface area contributed by atoms with Crippen molar-refractivity contribution in [2.75, 3.05) is 5.32 Å². The monoisotopic (exact) mass is 365 g/mol. The van der Waals surface area contributed by atoms with Gasteiger partial charge in [-0.3, -0.25) is 9.89 Å². The lowest BCUT2D eigenvalue weighted by atomic mass is 10.0. The van der Waals surface area contributed by atoms with Crippen LogP contribution in [0.15, 0.2) is 67.0 Å². The fourth-order valence-electron chi connectivity index (χ4n) is 2.56. The van der Waals surface area contributed by atoms with Crippen molar-refractivity contribution in [2.24, 2.45) is 5.73 Å². The molecule has 0 saturated carbocycles. The van der Waals surface area contributed by atoms with Crippen LogP contribution in [0.2, 0.25) is 0 Å². The summed E-state index contributed by atoms with van der Waals surface area (Å²) >= 11 is 0. The quantitative estimate of drug-likeness (QED) is 0.514. The number of hydrogen-bond donors (Lipinski definition) is 4. The highest BCUT2D eigenvalue weighted by molar-refractivity contribution is 5.91. The second kappa shape index (κ2) is 8.52. The summed E-state index contributed by atoms with van der Waals surface area (Å²) in [4.78, 5) is 23.7. The fraction of sp³-hybridized carbons (Fsp3) is 0.105. The number of nitrogens with one attached hydrogen (secondary N) is 3. The van der Waals surface area contributed by atoms with Gasteiger partial charge in [-0.25, -0.2) is 4.79 Å². The molecule has 0 aliphatic heterocycles. The zero-order chi connectivity index (χ0) is 19.1. The summed E-state index contributed by atoms with van der Waals surface area (Å²) in [5.41, 5.74) is 6.52. The maximum Gasteiger partial charge on any atom is 0.312 e. The Bertz CT molecular complexity index is 897. The normalized spacial score (nSPS) is 11.4. The molecule has 3 rings (SSSR count). The average molecular weight is 365 g/mol. The SMILES string of the molecule is NC(=O)N[C@@H](CC(=O)Nc1cn[nH]c1)c1cccc(Oc2ccccc2)c1. The van der Waals surface area contributed by atoms with Crippen LogP contribution in [0.3, 0.4) is 0 Å². The van der Waals surface area contributed by atoms with Gasteiger partial charge >= 0.3 is 6.03 Å². The Balaban J connectivity index is 1.74. The van der Waals surface area contributed by atoms with Gasteiger partial charge in [-0.05, 0) is 29.8 Å². The lowest BCUT2D eigenvalue weighted by molar-refractivity contribution is -0.116. The van der Waals surface area contributed by atoms with Crippen molar-refractivity contribution in [3.8, 4) is 11.5 Å². The molecule has 8 heteroatoms. The number of nitrogens with zero attached hydrogens (tertiary/aromatic N) is 1. The molecule has 3 amide bonds. The molecule has 5 N–H and O–H groups in total. The van der Waals surface area contributed by atoms with Gasteiger partial charge in [0.05, 0.1) is 24.3 Å². The number of urea groups is 1. The number of rotatable bonds is 7. The van der Waals surface area contributed by atoms with Crippen LogP contribution in [0.25, 0.3) is 0 Å².